The van der Waals surface area contributed by atoms with Crippen molar-refractivity contribution in [3.05, 3.63) is 48.1 Å². The quantitative estimate of drug-likeness (QED) is 0.229. The summed E-state index contributed by atoms with van der Waals surface area (Å²) in [5, 5.41) is 20.0. The van der Waals surface area contributed by atoms with Crippen molar-refractivity contribution < 1.29 is 18.9 Å². The van der Waals surface area contributed by atoms with Gasteiger partial charge in [0.05, 0.1) is 50.2 Å². The van der Waals surface area contributed by atoms with E-state index in [4.69, 9.17) is 35.6 Å². The van der Waals surface area contributed by atoms with E-state index in [0.29, 0.717) is 53.8 Å². The minimum absolute atomic E-state index is 0.201. The first kappa shape index (κ1) is 31.7. The Morgan fingerprint density at radius 1 is 1.00 bits per heavy atom. The van der Waals surface area contributed by atoms with Crippen LogP contribution in [0.15, 0.2) is 43.1 Å². The lowest BCUT2D eigenvalue weighted by molar-refractivity contribution is 0.00502. The molecule has 1 saturated carbocycles. The van der Waals surface area contributed by atoms with Crippen LogP contribution in [0.5, 0.6) is 11.6 Å². The summed E-state index contributed by atoms with van der Waals surface area (Å²) in [7, 11) is 0. The van der Waals surface area contributed by atoms with Crippen LogP contribution in [0, 0.1) is 5.92 Å². The summed E-state index contributed by atoms with van der Waals surface area (Å²) < 4.78 is 27.2. The topological polar surface area (TPSA) is 139 Å². The fourth-order valence-corrected chi connectivity index (χ4v) is 6.68. The van der Waals surface area contributed by atoms with Crippen LogP contribution in [0.25, 0.3) is 11.1 Å². The molecular formula is C32H41ClN10O4. The van der Waals surface area contributed by atoms with Gasteiger partial charge in [0, 0.05) is 49.6 Å². The molecule has 0 bridgehead atoms. The van der Waals surface area contributed by atoms with Crippen molar-refractivity contribution in [1.29, 1.82) is 0 Å². The summed E-state index contributed by atoms with van der Waals surface area (Å²) in [6.07, 6.45) is 12.4. The molecule has 47 heavy (non-hydrogen) atoms. The number of hydrogen-bond donors (Lipinski definition) is 1. The molecular weight excluding hydrogens is 624 g/mol. The highest BCUT2D eigenvalue weighted by Gasteiger charge is 2.29. The Kier molecular flexibility index (Phi) is 10.1. The summed E-state index contributed by atoms with van der Waals surface area (Å²) in [5.74, 6) is 1.95. The number of halogens is 1. The van der Waals surface area contributed by atoms with Gasteiger partial charge in [0.2, 0.25) is 5.95 Å². The van der Waals surface area contributed by atoms with Crippen molar-refractivity contribution in [2.75, 3.05) is 51.4 Å². The van der Waals surface area contributed by atoms with Gasteiger partial charge in [0.15, 0.2) is 0 Å². The predicted molar refractivity (Wildman–Crippen MR) is 174 cm³/mol. The molecule has 3 aromatic heterocycles. The third-order valence-electron chi connectivity index (χ3n) is 9.11. The number of tetrazole rings is 1. The average molecular weight is 665 g/mol. The van der Waals surface area contributed by atoms with Crippen molar-refractivity contribution in [3.63, 3.8) is 0 Å². The van der Waals surface area contributed by atoms with Crippen LogP contribution in [0.2, 0.25) is 5.02 Å². The summed E-state index contributed by atoms with van der Waals surface area (Å²) in [6.45, 7) is 8.21. The molecule has 3 fully saturated rings. The Hall–Kier alpha value is -3.85. The lowest BCUT2D eigenvalue weighted by Gasteiger charge is -2.38. The number of rotatable bonds is 12. The minimum Gasteiger partial charge on any atom is -0.487 e. The smallest absolute Gasteiger partial charge is 0.256 e. The predicted octanol–water partition coefficient (Wildman–Crippen LogP) is 4.42. The molecule has 1 aliphatic carbocycles. The monoisotopic (exact) mass is 664 g/mol. The van der Waals surface area contributed by atoms with Gasteiger partial charge in [0.25, 0.3) is 5.88 Å². The van der Waals surface area contributed by atoms with E-state index in [-0.39, 0.29) is 6.10 Å². The Balaban J connectivity index is 1.03. The first-order valence-corrected chi connectivity index (χ1v) is 16.8. The van der Waals surface area contributed by atoms with Gasteiger partial charge in [-0.3, -0.25) is 9.58 Å². The summed E-state index contributed by atoms with van der Waals surface area (Å²) in [6, 6.07) is 6.56. The van der Waals surface area contributed by atoms with Gasteiger partial charge in [-0.1, -0.05) is 17.7 Å². The fourth-order valence-electron chi connectivity index (χ4n) is 6.51. The molecule has 15 heteroatoms. The fraction of sp³-hybridized carbons (Fsp3) is 0.562. The second kappa shape index (κ2) is 14.9. The van der Waals surface area contributed by atoms with Crippen LogP contribution in [0.4, 0.5) is 11.6 Å². The van der Waals surface area contributed by atoms with Crippen molar-refractivity contribution in [2.24, 2.45) is 5.92 Å². The maximum Gasteiger partial charge on any atom is 0.256 e. The first-order chi connectivity index (χ1) is 23.1. The Morgan fingerprint density at radius 2 is 1.81 bits per heavy atom. The maximum atomic E-state index is 6.46. The van der Waals surface area contributed by atoms with Crippen molar-refractivity contribution in [3.8, 4) is 22.8 Å². The molecule has 250 valence electrons. The normalized spacial score (nSPS) is 22.6. The zero-order valence-corrected chi connectivity index (χ0v) is 27.3. The van der Waals surface area contributed by atoms with E-state index in [2.05, 4.69) is 40.4 Å². The van der Waals surface area contributed by atoms with Gasteiger partial charge in [-0.2, -0.15) is 0 Å². The molecule has 1 aromatic carbocycles. The van der Waals surface area contributed by atoms with E-state index < -0.39 is 0 Å². The molecule has 1 N–H and O–H groups in total. The van der Waals surface area contributed by atoms with Gasteiger partial charge in [0.1, 0.15) is 23.9 Å². The first-order valence-electron chi connectivity index (χ1n) is 16.5. The van der Waals surface area contributed by atoms with Gasteiger partial charge >= 0.3 is 0 Å². The van der Waals surface area contributed by atoms with Gasteiger partial charge in [-0.15, -0.1) is 10.2 Å². The number of morpholine rings is 1. The molecule has 3 aliphatic rings. The molecule has 2 aliphatic heterocycles. The lowest BCUT2D eigenvalue weighted by atomic mass is 9.90. The molecule has 2 unspecified atom stereocenters. The zero-order valence-electron chi connectivity index (χ0n) is 26.6. The van der Waals surface area contributed by atoms with E-state index in [1.165, 1.54) is 0 Å². The average Bonchev–Trinajstić information content (AvgIpc) is 3.89. The van der Waals surface area contributed by atoms with Crippen LogP contribution in [-0.4, -0.2) is 103 Å². The van der Waals surface area contributed by atoms with E-state index in [1.807, 2.05) is 31.3 Å². The molecule has 0 radical (unpaired) electrons. The van der Waals surface area contributed by atoms with E-state index in [1.54, 1.807) is 23.4 Å². The SMILES string of the molecule is CC(Cn1cnnn1)Oc1cc(-c2cnc(Nc3cn(C4CCC(N5CCOCC5)CC4)nc3OCC3CCOC3)nc2)ccc1Cl. The number of hydrogen-bond acceptors (Lipinski definition) is 12. The number of ether oxygens (including phenoxy) is 4. The number of nitrogens with one attached hydrogen (secondary N) is 1. The van der Waals surface area contributed by atoms with Crippen LogP contribution in [0.1, 0.15) is 45.1 Å². The van der Waals surface area contributed by atoms with Gasteiger partial charge < -0.3 is 24.3 Å². The second-order valence-corrected chi connectivity index (χ2v) is 12.9. The Bertz CT molecular complexity index is 1570. The van der Waals surface area contributed by atoms with Crippen LogP contribution < -0.4 is 14.8 Å². The number of anilines is 2. The number of aromatic nitrogens is 8. The van der Waals surface area contributed by atoms with Crippen molar-refractivity contribution in [2.45, 2.75) is 63.8 Å². The number of nitrogens with zero attached hydrogens (tertiary/aromatic N) is 9. The highest BCUT2D eigenvalue weighted by Crippen LogP contribution is 2.36. The largest absolute Gasteiger partial charge is 0.487 e. The molecule has 2 atom stereocenters. The molecule has 5 heterocycles. The molecule has 0 spiro atoms. The summed E-state index contributed by atoms with van der Waals surface area (Å²) in [4.78, 5) is 11.8. The molecule has 7 rings (SSSR count). The third kappa shape index (κ3) is 8.00. The summed E-state index contributed by atoms with van der Waals surface area (Å²) >= 11 is 6.46. The van der Waals surface area contributed by atoms with E-state index in [9.17, 15) is 0 Å². The minimum atomic E-state index is -0.201. The lowest BCUT2D eigenvalue weighted by Crippen LogP contribution is -2.45. The van der Waals surface area contributed by atoms with Crippen LogP contribution >= 0.6 is 11.6 Å². The highest BCUT2D eigenvalue weighted by molar-refractivity contribution is 6.32. The maximum absolute atomic E-state index is 6.46. The van der Waals surface area contributed by atoms with Crippen LogP contribution in [-0.2, 0) is 16.0 Å². The Labute approximate surface area is 278 Å². The van der Waals surface area contributed by atoms with E-state index >= 15 is 0 Å². The zero-order chi connectivity index (χ0) is 32.0. The van der Waals surface area contributed by atoms with Crippen molar-refractivity contribution in [1.82, 2.24) is 44.9 Å². The Morgan fingerprint density at radius 3 is 2.55 bits per heavy atom. The number of benzene rings is 1. The molecule has 4 aromatic rings. The van der Waals surface area contributed by atoms with Crippen molar-refractivity contribution >= 4 is 23.2 Å². The van der Waals surface area contributed by atoms with Gasteiger partial charge in [-0.05, 0) is 67.2 Å². The van der Waals surface area contributed by atoms with Gasteiger partial charge in [-0.25, -0.2) is 14.6 Å². The van der Waals surface area contributed by atoms with Crippen LogP contribution in [0.3, 0.4) is 0 Å². The third-order valence-corrected chi connectivity index (χ3v) is 9.42. The molecule has 0 amide bonds. The standard InChI is InChI=1S/C32H41ClN10O4/c1-22(17-42-21-36-39-40-42)47-30-14-24(2-7-28(30)33)25-15-34-32(35-16-25)37-29-18-43(38-31(29)46-20-23-8-11-45-19-23)27-5-3-26(4-6-27)41-9-12-44-13-10-41/h2,7,14-16,18,21-23,26-27H,3-6,8-13,17,19-20H2,1H3,(H,34,35,37). The van der Waals surface area contributed by atoms with E-state index in [0.717, 1.165) is 88.4 Å². The highest BCUT2D eigenvalue weighted by atomic mass is 35.5. The second-order valence-electron chi connectivity index (χ2n) is 12.5. The molecule has 14 nitrogen and oxygen atoms in total. The molecule has 2 saturated heterocycles. The summed E-state index contributed by atoms with van der Waals surface area (Å²) in [5.41, 5.74) is 2.47.